The average molecular weight is 420 g/mol. The van der Waals surface area contributed by atoms with Crippen LogP contribution in [0.5, 0.6) is 0 Å². The van der Waals surface area contributed by atoms with Crippen molar-refractivity contribution in [2.24, 2.45) is 11.8 Å². The van der Waals surface area contributed by atoms with E-state index in [9.17, 15) is 9.90 Å². The lowest BCUT2D eigenvalue weighted by atomic mass is 9.71. The Labute approximate surface area is 185 Å². The highest BCUT2D eigenvalue weighted by Crippen LogP contribution is 2.50. The SMILES string of the molecule is CNc1cccc(-c2ccc(/C(C)=C(\O)C3(OC=O)CCC4CCCC4C3)cc2C)c1. The molecule has 0 radical (unpaired) electrons. The minimum atomic E-state index is -0.884. The number of aryl methyl sites for hydroxylation is 1. The highest BCUT2D eigenvalue weighted by molar-refractivity contribution is 5.75. The highest BCUT2D eigenvalue weighted by atomic mass is 16.5. The molecule has 0 aliphatic heterocycles. The predicted octanol–water partition coefficient (Wildman–Crippen LogP) is 6.50. The number of carbonyl (C=O) groups excluding carboxylic acids is 1. The molecule has 2 aromatic rings. The van der Waals surface area contributed by atoms with E-state index in [-0.39, 0.29) is 5.76 Å². The molecule has 0 saturated heterocycles. The molecule has 4 nitrogen and oxygen atoms in total. The van der Waals surface area contributed by atoms with Gasteiger partial charge in [-0.2, -0.15) is 0 Å². The molecule has 0 aromatic heterocycles. The second-order valence-electron chi connectivity index (χ2n) is 9.24. The van der Waals surface area contributed by atoms with Gasteiger partial charge in [-0.25, -0.2) is 0 Å². The van der Waals surface area contributed by atoms with Crippen LogP contribution < -0.4 is 5.32 Å². The van der Waals surface area contributed by atoms with E-state index in [0.29, 0.717) is 24.7 Å². The van der Waals surface area contributed by atoms with Crippen LogP contribution in [0.15, 0.2) is 48.2 Å². The van der Waals surface area contributed by atoms with Crippen LogP contribution in [0, 0.1) is 18.8 Å². The van der Waals surface area contributed by atoms with Gasteiger partial charge in [-0.3, -0.25) is 4.79 Å². The van der Waals surface area contributed by atoms with E-state index < -0.39 is 5.60 Å². The molecule has 3 atom stereocenters. The Morgan fingerprint density at radius 3 is 2.71 bits per heavy atom. The molecule has 4 rings (SSSR count). The summed E-state index contributed by atoms with van der Waals surface area (Å²) in [6.07, 6.45) is 6.11. The molecule has 164 valence electrons. The van der Waals surface area contributed by atoms with Crippen molar-refractivity contribution in [2.45, 2.75) is 58.0 Å². The van der Waals surface area contributed by atoms with Gasteiger partial charge < -0.3 is 15.2 Å². The van der Waals surface area contributed by atoms with Crippen molar-refractivity contribution in [1.82, 2.24) is 0 Å². The van der Waals surface area contributed by atoms with Crippen LogP contribution in [0.1, 0.15) is 56.6 Å². The summed E-state index contributed by atoms with van der Waals surface area (Å²) < 4.78 is 5.64. The summed E-state index contributed by atoms with van der Waals surface area (Å²) in [7, 11) is 1.92. The summed E-state index contributed by atoms with van der Waals surface area (Å²) in [6, 6.07) is 14.6. The number of allylic oxidation sites excluding steroid dienone is 1. The van der Waals surface area contributed by atoms with Crippen LogP contribution >= 0.6 is 0 Å². The zero-order chi connectivity index (χ0) is 22.0. The highest BCUT2D eigenvalue weighted by Gasteiger charge is 2.47. The van der Waals surface area contributed by atoms with Gasteiger partial charge >= 0.3 is 0 Å². The predicted molar refractivity (Wildman–Crippen MR) is 126 cm³/mol. The third-order valence-electron chi connectivity index (χ3n) is 7.51. The summed E-state index contributed by atoms with van der Waals surface area (Å²) in [4.78, 5) is 11.4. The van der Waals surface area contributed by atoms with Gasteiger partial charge in [0.05, 0.1) is 0 Å². The molecule has 2 fully saturated rings. The second-order valence-corrected chi connectivity index (χ2v) is 9.24. The van der Waals surface area contributed by atoms with Gasteiger partial charge in [0.1, 0.15) is 5.76 Å². The number of fused-ring (bicyclic) bond motifs is 1. The maximum atomic E-state index is 11.4. The molecule has 2 saturated carbocycles. The Kier molecular flexibility index (Phi) is 6.08. The van der Waals surface area contributed by atoms with E-state index in [1.54, 1.807) is 0 Å². The summed E-state index contributed by atoms with van der Waals surface area (Å²) in [5.74, 6) is 1.47. The fourth-order valence-electron chi connectivity index (χ4n) is 5.72. The van der Waals surface area contributed by atoms with Crippen molar-refractivity contribution in [3.05, 3.63) is 59.4 Å². The summed E-state index contributed by atoms with van der Waals surface area (Å²) in [5, 5.41) is 14.5. The summed E-state index contributed by atoms with van der Waals surface area (Å²) >= 11 is 0. The van der Waals surface area contributed by atoms with Gasteiger partial charge in [0.2, 0.25) is 0 Å². The quantitative estimate of drug-likeness (QED) is 0.414. The largest absolute Gasteiger partial charge is 0.508 e. The van der Waals surface area contributed by atoms with Crippen LogP contribution in [-0.4, -0.2) is 24.2 Å². The first-order valence-electron chi connectivity index (χ1n) is 11.4. The topological polar surface area (TPSA) is 58.6 Å². The molecule has 2 N–H and O–H groups in total. The van der Waals surface area contributed by atoms with Crippen molar-refractivity contribution in [1.29, 1.82) is 0 Å². The zero-order valence-corrected chi connectivity index (χ0v) is 18.8. The van der Waals surface area contributed by atoms with Crippen LogP contribution in [0.25, 0.3) is 16.7 Å². The van der Waals surface area contributed by atoms with Crippen molar-refractivity contribution in [3.63, 3.8) is 0 Å². The first-order valence-corrected chi connectivity index (χ1v) is 11.4. The van der Waals surface area contributed by atoms with Crippen LogP contribution in [0.2, 0.25) is 0 Å². The van der Waals surface area contributed by atoms with Gasteiger partial charge in [-0.15, -0.1) is 0 Å². The molecule has 0 spiro atoms. The number of aliphatic hydroxyl groups excluding tert-OH is 1. The molecule has 0 amide bonds. The monoisotopic (exact) mass is 419 g/mol. The summed E-state index contributed by atoms with van der Waals surface area (Å²) in [6.45, 7) is 4.54. The molecule has 2 aliphatic carbocycles. The fourth-order valence-corrected chi connectivity index (χ4v) is 5.72. The molecule has 2 aromatic carbocycles. The lowest BCUT2D eigenvalue weighted by Crippen LogP contribution is -2.42. The number of carbonyl (C=O) groups is 1. The minimum Gasteiger partial charge on any atom is -0.508 e. The van der Waals surface area contributed by atoms with E-state index >= 15 is 0 Å². The van der Waals surface area contributed by atoms with E-state index in [1.807, 2.05) is 26.1 Å². The maximum absolute atomic E-state index is 11.4. The Bertz CT molecular complexity index is 996. The van der Waals surface area contributed by atoms with Gasteiger partial charge in [0.15, 0.2) is 5.60 Å². The second kappa shape index (κ2) is 8.78. The molecule has 2 aliphatic rings. The van der Waals surface area contributed by atoms with Crippen LogP contribution in [-0.2, 0) is 9.53 Å². The fraction of sp³-hybridized carbons (Fsp3) is 0.444. The minimum absolute atomic E-state index is 0.217. The van der Waals surface area contributed by atoms with Crippen molar-refractivity contribution < 1.29 is 14.6 Å². The van der Waals surface area contributed by atoms with Gasteiger partial charge in [-0.1, -0.05) is 49.6 Å². The maximum Gasteiger partial charge on any atom is 0.294 e. The first-order chi connectivity index (χ1) is 15.0. The lowest BCUT2D eigenvalue weighted by molar-refractivity contribution is -0.148. The van der Waals surface area contributed by atoms with Crippen molar-refractivity contribution in [3.8, 4) is 11.1 Å². The third-order valence-corrected chi connectivity index (χ3v) is 7.51. The Balaban J connectivity index is 1.67. The smallest absolute Gasteiger partial charge is 0.294 e. The van der Waals surface area contributed by atoms with Gasteiger partial charge in [-0.05, 0) is 84.9 Å². The number of nitrogens with one attached hydrogen (secondary N) is 1. The molecular formula is C27H33NO3. The molecule has 3 unspecified atom stereocenters. The Hall–Kier alpha value is -2.75. The Morgan fingerprint density at radius 1 is 1.16 bits per heavy atom. The number of aliphatic hydroxyl groups is 1. The van der Waals surface area contributed by atoms with Crippen molar-refractivity contribution in [2.75, 3.05) is 12.4 Å². The van der Waals surface area contributed by atoms with E-state index in [1.165, 1.54) is 24.8 Å². The lowest BCUT2D eigenvalue weighted by Gasteiger charge is -2.41. The van der Waals surface area contributed by atoms with Crippen LogP contribution in [0.4, 0.5) is 5.69 Å². The standard InChI is InChI=1S/C27H33NO3/c1-18-14-21(10-11-25(18)22-7-5-9-24(15-22)28-3)19(2)26(30)27(31-17-29)13-12-20-6-4-8-23(20)16-27/h5,7,9-11,14-15,17,20,23,28,30H,4,6,8,12-13,16H2,1-3H3/b26-19-. The number of hydrogen-bond acceptors (Lipinski definition) is 4. The number of rotatable bonds is 6. The summed E-state index contributed by atoms with van der Waals surface area (Å²) in [5.41, 5.74) is 5.40. The van der Waals surface area contributed by atoms with Gasteiger partial charge in [0.25, 0.3) is 6.47 Å². The number of hydrogen-bond donors (Lipinski definition) is 2. The van der Waals surface area contributed by atoms with Gasteiger partial charge in [0, 0.05) is 12.7 Å². The number of anilines is 1. The van der Waals surface area contributed by atoms with E-state index in [0.717, 1.165) is 40.8 Å². The zero-order valence-electron chi connectivity index (χ0n) is 18.8. The normalized spacial score (nSPS) is 26.0. The van der Waals surface area contributed by atoms with Crippen LogP contribution in [0.3, 0.4) is 0 Å². The third kappa shape index (κ3) is 4.08. The molecule has 0 bridgehead atoms. The van der Waals surface area contributed by atoms with E-state index in [2.05, 4.69) is 42.6 Å². The first kappa shape index (κ1) is 21.5. The molecule has 0 heterocycles. The number of ether oxygens (including phenoxy) is 1. The van der Waals surface area contributed by atoms with E-state index in [4.69, 9.17) is 4.74 Å². The van der Waals surface area contributed by atoms with Crippen molar-refractivity contribution >= 4 is 17.7 Å². The molecule has 31 heavy (non-hydrogen) atoms. The Morgan fingerprint density at radius 2 is 1.97 bits per heavy atom. The number of benzene rings is 2. The average Bonchev–Trinajstić information content (AvgIpc) is 3.25. The molecule has 4 heteroatoms. The molecular weight excluding hydrogens is 386 g/mol.